The Morgan fingerprint density at radius 2 is 2.16 bits per heavy atom. The summed E-state index contributed by atoms with van der Waals surface area (Å²) < 4.78 is 25.6. The van der Waals surface area contributed by atoms with Gasteiger partial charge >= 0.3 is 0 Å². The zero-order valence-corrected chi connectivity index (χ0v) is 10.9. The minimum atomic E-state index is -0.519. The second kappa shape index (κ2) is 5.60. The lowest BCUT2D eigenvalue weighted by atomic mass is 10.2. The molecule has 1 aromatic carbocycles. The third-order valence-electron chi connectivity index (χ3n) is 2.57. The molecule has 1 heterocycles. The number of anilines is 1. The van der Waals surface area contributed by atoms with Gasteiger partial charge in [-0.1, -0.05) is 6.92 Å². The van der Waals surface area contributed by atoms with Gasteiger partial charge in [0.15, 0.2) is 23.1 Å². The van der Waals surface area contributed by atoms with Gasteiger partial charge in [0, 0.05) is 18.7 Å². The molecule has 0 amide bonds. The van der Waals surface area contributed by atoms with Gasteiger partial charge in [-0.25, -0.2) is 4.39 Å². The first kappa shape index (κ1) is 13.2. The molecule has 0 unspecified atom stereocenters. The highest BCUT2D eigenvalue weighted by atomic mass is 19.1. The van der Waals surface area contributed by atoms with Crippen molar-refractivity contribution in [3.8, 4) is 17.2 Å². The van der Waals surface area contributed by atoms with Crippen molar-refractivity contribution in [1.82, 2.24) is 9.78 Å². The highest BCUT2D eigenvalue weighted by Crippen LogP contribution is 2.33. The van der Waals surface area contributed by atoms with E-state index in [-0.39, 0.29) is 11.4 Å². The number of hydrogen-bond acceptors (Lipinski definition) is 4. The molecule has 0 bridgehead atoms. The average molecular weight is 265 g/mol. The number of nitrogen functional groups attached to an aromatic ring is 1. The molecule has 0 aliphatic carbocycles. The minimum Gasteiger partial charge on any atom is -0.494 e. The third-order valence-corrected chi connectivity index (χ3v) is 2.57. The van der Waals surface area contributed by atoms with Gasteiger partial charge < -0.3 is 15.2 Å². The first-order valence-corrected chi connectivity index (χ1v) is 5.97. The molecule has 1 aromatic heterocycles. The van der Waals surface area contributed by atoms with Crippen LogP contribution in [0.5, 0.6) is 17.2 Å². The van der Waals surface area contributed by atoms with E-state index >= 15 is 0 Å². The predicted octanol–water partition coefficient (Wildman–Crippen LogP) is 2.82. The van der Waals surface area contributed by atoms with Crippen molar-refractivity contribution in [2.75, 3.05) is 12.8 Å². The van der Waals surface area contributed by atoms with E-state index in [2.05, 4.69) is 12.0 Å². The van der Waals surface area contributed by atoms with Crippen LogP contribution in [0.25, 0.3) is 0 Å². The normalized spacial score (nSPS) is 10.5. The fourth-order valence-corrected chi connectivity index (χ4v) is 1.67. The largest absolute Gasteiger partial charge is 0.494 e. The minimum absolute atomic E-state index is 0.0881. The van der Waals surface area contributed by atoms with Gasteiger partial charge in [0.1, 0.15) is 0 Å². The van der Waals surface area contributed by atoms with Crippen LogP contribution in [0.4, 0.5) is 10.1 Å². The number of aryl methyl sites for hydroxylation is 1. The molecule has 5 nitrogen and oxygen atoms in total. The quantitative estimate of drug-likeness (QED) is 0.844. The summed E-state index contributed by atoms with van der Waals surface area (Å²) in [6.45, 7) is 2.87. The number of methoxy groups -OCH3 is 1. The van der Waals surface area contributed by atoms with Crippen molar-refractivity contribution >= 4 is 5.69 Å². The summed E-state index contributed by atoms with van der Waals surface area (Å²) in [7, 11) is 1.39. The van der Waals surface area contributed by atoms with Crippen LogP contribution < -0.4 is 15.2 Å². The van der Waals surface area contributed by atoms with Crippen molar-refractivity contribution < 1.29 is 13.9 Å². The van der Waals surface area contributed by atoms with Gasteiger partial charge in [-0.2, -0.15) is 5.10 Å². The van der Waals surface area contributed by atoms with E-state index in [9.17, 15) is 4.39 Å². The maximum absolute atomic E-state index is 13.4. The molecule has 102 valence electrons. The zero-order valence-electron chi connectivity index (χ0n) is 10.9. The van der Waals surface area contributed by atoms with E-state index < -0.39 is 5.82 Å². The number of aromatic nitrogens is 2. The van der Waals surface area contributed by atoms with Gasteiger partial charge in [-0.3, -0.25) is 4.68 Å². The maximum atomic E-state index is 13.4. The second-order valence-electron chi connectivity index (χ2n) is 4.07. The number of benzene rings is 1. The van der Waals surface area contributed by atoms with Gasteiger partial charge in [0.2, 0.25) is 0 Å². The Hall–Kier alpha value is -2.24. The summed E-state index contributed by atoms with van der Waals surface area (Å²) in [6.07, 6.45) is 4.33. The molecule has 2 rings (SSSR count). The van der Waals surface area contributed by atoms with Crippen LogP contribution in [-0.2, 0) is 6.54 Å². The summed E-state index contributed by atoms with van der Waals surface area (Å²) >= 11 is 0. The number of hydrogen-bond donors (Lipinski definition) is 1. The van der Waals surface area contributed by atoms with Crippen molar-refractivity contribution in [2.24, 2.45) is 0 Å². The fourth-order valence-electron chi connectivity index (χ4n) is 1.67. The maximum Gasteiger partial charge on any atom is 0.167 e. The highest BCUT2D eigenvalue weighted by molar-refractivity contribution is 5.57. The molecule has 0 radical (unpaired) electrons. The summed E-state index contributed by atoms with van der Waals surface area (Å²) in [6, 6.07) is 2.59. The summed E-state index contributed by atoms with van der Waals surface area (Å²) in [5, 5.41) is 4.14. The van der Waals surface area contributed by atoms with Crippen molar-refractivity contribution in [3.63, 3.8) is 0 Å². The Bertz CT molecular complexity index is 569. The molecular weight excluding hydrogens is 249 g/mol. The first-order chi connectivity index (χ1) is 9.13. The second-order valence-corrected chi connectivity index (χ2v) is 4.07. The lowest BCUT2D eigenvalue weighted by Crippen LogP contribution is -1.97. The Morgan fingerprint density at radius 1 is 1.37 bits per heavy atom. The fraction of sp³-hybridized carbons (Fsp3) is 0.308. The molecule has 19 heavy (non-hydrogen) atoms. The zero-order chi connectivity index (χ0) is 13.8. The highest BCUT2D eigenvalue weighted by Gasteiger charge is 2.11. The predicted molar refractivity (Wildman–Crippen MR) is 70.0 cm³/mol. The Kier molecular flexibility index (Phi) is 3.89. The molecule has 0 aliphatic rings. The van der Waals surface area contributed by atoms with Gasteiger partial charge in [0.05, 0.1) is 25.2 Å². The molecule has 6 heteroatoms. The Balaban J connectivity index is 2.22. The van der Waals surface area contributed by atoms with E-state index in [0.29, 0.717) is 11.5 Å². The number of ether oxygens (including phenoxy) is 2. The number of rotatable bonds is 5. The average Bonchev–Trinajstić information content (AvgIpc) is 2.81. The molecule has 0 fully saturated rings. The van der Waals surface area contributed by atoms with E-state index in [1.54, 1.807) is 17.1 Å². The van der Waals surface area contributed by atoms with E-state index in [4.69, 9.17) is 15.2 Å². The van der Waals surface area contributed by atoms with Gasteiger partial charge in [-0.05, 0) is 6.42 Å². The van der Waals surface area contributed by atoms with Crippen molar-refractivity contribution in [2.45, 2.75) is 19.9 Å². The number of halogens is 1. The van der Waals surface area contributed by atoms with Crippen LogP contribution in [0, 0.1) is 5.82 Å². The number of nitrogens with zero attached hydrogens (tertiary/aromatic N) is 2. The Morgan fingerprint density at radius 3 is 2.84 bits per heavy atom. The lowest BCUT2D eigenvalue weighted by molar-refractivity contribution is 0.382. The summed E-state index contributed by atoms with van der Waals surface area (Å²) in [4.78, 5) is 0. The molecular formula is C13H16FN3O2. The molecule has 0 saturated heterocycles. The van der Waals surface area contributed by atoms with Crippen LogP contribution in [-0.4, -0.2) is 16.9 Å². The molecule has 2 N–H and O–H groups in total. The topological polar surface area (TPSA) is 62.3 Å². The van der Waals surface area contributed by atoms with Crippen LogP contribution in [0.2, 0.25) is 0 Å². The third kappa shape index (κ3) is 2.96. The van der Waals surface area contributed by atoms with Crippen molar-refractivity contribution in [1.29, 1.82) is 0 Å². The molecule has 0 spiro atoms. The van der Waals surface area contributed by atoms with Crippen LogP contribution >= 0.6 is 0 Å². The standard InChI is InChI=1S/C13H16FN3O2/c1-3-4-17-8-9(7-16-17)19-13-6-12(18-2)10(14)5-11(13)15/h5-8H,3-4,15H2,1-2H3. The number of nitrogens with two attached hydrogens (primary N) is 1. The SMILES string of the molecule is CCCn1cc(Oc2cc(OC)c(F)cc2N)cn1. The van der Waals surface area contributed by atoms with Crippen LogP contribution in [0.15, 0.2) is 24.5 Å². The summed E-state index contributed by atoms with van der Waals surface area (Å²) in [5.74, 6) is 0.460. The van der Waals surface area contributed by atoms with E-state index in [1.165, 1.54) is 19.2 Å². The van der Waals surface area contributed by atoms with Crippen LogP contribution in [0.3, 0.4) is 0 Å². The molecule has 2 aromatic rings. The monoisotopic (exact) mass is 265 g/mol. The van der Waals surface area contributed by atoms with Crippen LogP contribution in [0.1, 0.15) is 13.3 Å². The van der Waals surface area contributed by atoms with Gasteiger partial charge in [0.25, 0.3) is 0 Å². The van der Waals surface area contributed by atoms with E-state index in [1.807, 2.05) is 0 Å². The smallest absolute Gasteiger partial charge is 0.167 e. The molecule has 0 atom stereocenters. The van der Waals surface area contributed by atoms with Gasteiger partial charge in [-0.15, -0.1) is 0 Å². The molecule has 0 aliphatic heterocycles. The lowest BCUT2D eigenvalue weighted by Gasteiger charge is -2.09. The van der Waals surface area contributed by atoms with E-state index in [0.717, 1.165) is 13.0 Å². The Labute approximate surface area is 110 Å². The molecule has 0 saturated carbocycles. The first-order valence-electron chi connectivity index (χ1n) is 5.97. The summed E-state index contributed by atoms with van der Waals surface area (Å²) in [5.41, 5.74) is 5.92. The van der Waals surface area contributed by atoms with Crippen molar-refractivity contribution in [3.05, 3.63) is 30.3 Å².